The van der Waals surface area contributed by atoms with Crippen molar-refractivity contribution in [2.45, 2.75) is 6.92 Å². The van der Waals surface area contributed by atoms with Crippen LogP contribution in [0.15, 0.2) is 52.5 Å². The molecule has 1 aromatic heterocycles. The van der Waals surface area contributed by atoms with Gasteiger partial charge in [-0.2, -0.15) is 0 Å². The molecule has 0 radical (unpaired) electrons. The molecule has 0 N–H and O–H groups in total. The van der Waals surface area contributed by atoms with Gasteiger partial charge in [0.05, 0.1) is 0 Å². The molecule has 0 saturated carbocycles. The van der Waals surface area contributed by atoms with Crippen LogP contribution in [0, 0.1) is 0 Å². The van der Waals surface area contributed by atoms with E-state index >= 15 is 0 Å². The second-order valence-corrected chi connectivity index (χ2v) is 3.98. The first-order chi connectivity index (χ1) is 7.84. The molecule has 2 aromatic rings. The Bertz CT molecular complexity index is 624. The lowest BCUT2D eigenvalue weighted by Gasteiger charge is -1.96. The van der Waals surface area contributed by atoms with E-state index in [2.05, 4.69) is 43.4 Å². The van der Waals surface area contributed by atoms with E-state index in [1.54, 1.807) is 0 Å². The van der Waals surface area contributed by atoms with Gasteiger partial charge in [0.2, 0.25) is 0 Å². The third-order valence-electron chi connectivity index (χ3n) is 2.75. The van der Waals surface area contributed by atoms with Gasteiger partial charge < -0.3 is 4.42 Å². The van der Waals surface area contributed by atoms with E-state index < -0.39 is 0 Å². The van der Waals surface area contributed by atoms with E-state index in [1.165, 1.54) is 16.5 Å². The molecular weight excluding hydrogens is 196 g/mol. The third-order valence-corrected chi connectivity index (χ3v) is 2.75. The van der Waals surface area contributed by atoms with Crippen molar-refractivity contribution in [3.8, 4) is 0 Å². The first-order valence-corrected chi connectivity index (χ1v) is 5.39. The normalized spacial score (nSPS) is 21.7. The van der Waals surface area contributed by atoms with E-state index in [4.69, 9.17) is 4.42 Å². The second-order valence-electron chi connectivity index (χ2n) is 3.98. The van der Waals surface area contributed by atoms with Crippen LogP contribution >= 0.6 is 0 Å². The summed E-state index contributed by atoms with van der Waals surface area (Å²) in [6.45, 7) is 2.08. The summed E-state index contributed by atoms with van der Waals surface area (Å²) in [5.74, 6) is 0.944. The lowest BCUT2D eigenvalue weighted by atomic mass is 10.1. The van der Waals surface area contributed by atoms with Gasteiger partial charge in [-0.25, -0.2) is 0 Å². The monoisotopic (exact) mass is 208 g/mol. The van der Waals surface area contributed by atoms with Crippen molar-refractivity contribution < 1.29 is 4.42 Å². The van der Waals surface area contributed by atoms with Crippen LogP contribution in [-0.4, -0.2) is 0 Å². The summed E-state index contributed by atoms with van der Waals surface area (Å²) >= 11 is 0. The van der Waals surface area contributed by atoms with E-state index in [-0.39, 0.29) is 0 Å². The minimum absolute atomic E-state index is 0.944. The third kappa shape index (κ3) is 1.41. The highest BCUT2D eigenvalue weighted by Crippen LogP contribution is 2.29. The van der Waals surface area contributed by atoms with Crippen molar-refractivity contribution in [2.75, 3.05) is 0 Å². The van der Waals surface area contributed by atoms with Crippen molar-refractivity contribution in [2.24, 2.45) is 0 Å². The molecule has 78 valence electrons. The van der Waals surface area contributed by atoms with E-state index in [0.29, 0.717) is 0 Å². The van der Waals surface area contributed by atoms with Gasteiger partial charge in [-0.3, -0.25) is 0 Å². The number of hydrogen-bond acceptors (Lipinski definition) is 1. The van der Waals surface area contributed by atoms with Gasteiger partial charge in [0.1, 0.15) is 11.3 Å². The van der Waals surface area contributed by atoms with Crippen LogP contribution < -0.4 is 0 Å². The summed E-state index contributed by atoms with van der Waals surface area (Å²) < 4.78 is 5.83. The Balaban J connectivity index is 2.36. The minimum atomic E-state index is 0.944. The molecule has 16 heavy (non-hydrogen) atoms. The predicted octanol–water partition coefficient (Wildman–Crippen LogP) is 4.42. The SMILES string of the molecule is CC1=C\c2oc3ccccc3c2/C=C/C=C\1. The summed E-state index contributed by atoms with van der Waals surface area (Å²) in [7, 11) is 0. The number of para-hydroxylation sites is 1. The summed E-state index contributed by atoms with van der Waals surface area (Å²) in [6, 6.07) is 8.13. The summed E-state index contributed by atoms with van der Waals surface area (Å²) in [5, 5.41) is 1.17. The Morgan fingerprint density at radius 3 is 2.75 bits per heavy atom. The molecule has 0 bridgehead atoms. The second kappa shape index (κ2) is 3.53. The fraction of sp³-hybridized carbons (Fsp3) is 0.0667. The number of hydrogen-bond donors (Lipinski definition) is 0. The molecule has 1 heteroatoms. The fourth-order valence-corrected chi connectivity index (χ4v) is 1.98. The van der Waals surface area contributed by atoms with Crippen LogP contribution in [0.5, 0.6) is 0 Å². The molecule has 0 atom stereocenters. The van der Waals surface area contributed by atoms with Gasteiger partial charge in [0.25, 0.3) is 0 Å². The molecule has 1 aromatic carbocycles. The van der Waals surface area contributed by atoms with Crippen molar-refractivity contribution in [1.29, 1.82) is 0 Å². The Morgan fingerprint density at radius 2 is 1.81 bits per heavy atom. The maximum atomic E-state index is 5.83. The molecule has 0 unspecified atom stereocenters. The quantitative estimate of drug-likeness (QED) is 0.624. The molecule has 0 amide bonds. The lowest BCUT2D eigenvalue weighted by molar-refractivity contribution is 0.603. The topological polar surface area (TPSA) is 13.1 Å². The smallest absolute Gasteiger partial charge is 0.135 e. The minimum Gasteiger partial charge on any atom is -0.456 e. The van der Waals surface area contributed by atoms with E-state index in [0.717, 1.165) is 11.3 Å². The fourth-order valence-electron chi connectivity index (χ4n) is 1.98. The maximum absolute atomic E-state index is 5.83. The van der Waals surface area contributed by atoms with Crippen molar-refractivity contribution in [1.82, 2.24) is 0 Å². The zero-order chi connectivity index (χ0) is 11.0. The van der Waals surface area contributed by atoms with Crippen LogP contribution in [0.3, 0.4) is 0 Å². The number of furan rings is 1. The summed E-state index contributed by atoms with van der Waals surface area (Å²) in [5.41, 5.74) is 3.31. The van der Waals surface area contributed by atoms with Gasteiger partial charge in [-0.05, 0) is 24.6 Å². The molecule has 1 aliphatic carbocycles. The molecule has 0 saturated heterocycles. The van der Waals surface area contributed by atoms with Crippen molar-refractivity contribution in [3.05, 3.63) is 59.4 Å². The highest BCUT2D eigenvalue weighted by molar-refractivity contribution is 5.91. The number of benzene rings is 1. The predicted molar refractivity (Wildman–Crippen MR) is 68.0 cm³/mol. The largest absolute Gasteiger partial charge is 0.456 e. The van der Waals surface area contributed by atoms with Gasteiger partial charge in [0.15, 0.2) is 0 Å². The standard InChI is InChI=1S/C15H12O/c1-11-6-2-3-8-13-12-7-4-5-9-14(12)16-15(13)10-11/h2-10H,1H3/b3-2?,6-2-,8-3+,11-6?,11-10+,13-8?,15-10?. The molecule has 1 nitrogen and oxygen atoms in total. The summed E-state index contributed by atoms with van der Waals surface area (Å²) in [4.78, 5) is 0. The Labute approximate surface area is 94.4 Å². The van der Waals surface area contributed by atoms with Gasteiger partial charge in [0, 0.05) is 10.9 Å². The van der Waals surface area contributed by atoms with Gasteiger partial charge in [-0.1, -0.05) is 42.5 Å². The van der Waals surface area contributed by atoms with Gasteiger partial charge in [-0.15, -0.1) is 0 Å². The average molecular weight is 208 g/mol. The molecule has 0 spiro atoms. The molecule has 1 heterocycles. The zero-order valence-electron chi connectivity index (χ0n) is 9.10. The van der Waals surface area contributed by atoms with Crippen LogP contribution in [-0.2, 0) is 0 Å². The van der Waals surface area contributed by atoms with E-state index in [9.17, 15) is 0 Å². The van der Waals surface area contributed by atoms with Crippen LogP contribution in [0.1, 0.15) is 18.2 Å². The number of rotatable bonds is 0. The first kappa shape index (κ1) is 9.22. The number of allylic oxidation sites excluding steroid dienone is 4. The zero-order valence-corrected chi connectivity index (χ0v) is 9.10. The summed E-state index contributed by atoms with van der Waals surface area (Å²) in [6.07, 6.45) is 10.4. The molecule has 1 aliphatic rings. The van der Waals surface area contributed by atoms with E-state index in [1.807, 2.05) is 18.2 Å². The lowest BCUT2D eigenvalue weighted by Crippen LogP contribution is -1.77. The van der Waals surface area contributed by atoms with Crippen LogP contribution in [0.25, 0.3) is 23.1 Å². The molecule has 3 rings (SSSR count). The molecular formula is C15H12O. The first-order valence-electron chi connectivity index (χ1n) is 5.39. The highest BCUT2D eigenvalue weighted by atomic mass is 16.3. The van der Waals surface area contributed by atoms with Crippen LogP contribution in [0.4, 0.5) is 0 Å². The number of fused-ring (bicyclic) bond motifs is 3. The van der Waals surface area contributed by atoms with Crippen molar-refractivity contribution in [3.63, 3.8) is 0 Å². The highest BCUT2D eigenvalue weighted by Gasteiger charge is 2.09. The Kier molecular flexibility index (Phi) is 2.03. The maximum Gasteiger partial charge on any atom is 0.135 e. The van der Waals surface area contributed by atoms with Gasteiger partial charge >= 0.3 is 0 Å². The van der Waals surface area contributed by atoms with Crippen LogP contribution in [0.2, 0.25) is 0 Å². The molecule has 0 aliphatic heterocycles. The molecule has 0 fully saturated rings. The Hall–Kier alpha value is -2.02. The van der Waals surface area contributed by atoms with Crippen molar-refractivity contribution >= 4 is 23.1 Å². The average Bonchev–Trinajstić information content (AvgIpc) is 2.59. The Morgan fingerprint density at radius 1 is 1.00 bits per heavy atom.